The van der Waals surface area contributed by atoms with Crippen LogP contribution >= 0.6 is 11.6 Å². The van der Waals surface area contributed by atoms with E-state index in [-0.39, 0.29) is 11.8 Å². The molecule has 0 spiro atoms. The second kappa shape index (κ2) is 8.39. The quantitative estimate of drug-likeness (QED) is 0.839. The Labute approximate surface area is 134 Å². The van der Waals surface area contributed by atoms with Crippen molar-refractivity contribution in [1.29, 1.82) is 0 Å². The molecule has 116 valence electrons. The standard InChI is InChI=1S/C17H18ClFN2O/c18-15-3-1-2-14(12-15)9-11-21-17(22)20-10-8-13-4-6-16(19)7-5-13/h1-7,12H,8-11H2,(H2,20,21,22). The second-order valence-corrected chi connectivity index (χ2v) is 5.38. The second-order valence-electron chi connectivity index (χ2n) is 4.94. The van der Waals surface area contributed by atoms with Crippen molar-refractivity contribution in [2.75, 3.05) is 13.1 Å². The van der Waals surface area contributed by atoms with Crippen molar-refractivity contribution in [3.05, 3.63) is 70.5 Å². The van der Waals surface area contributed by atoms with Crippen molar-refractivity contribution >= 4 is 17.6 Å². The Bertz CT molecular complexity index is 616. The summed E-state index contributed by atoms with van der Waals surface area (Å²) in [5, 5.41) is 6.26. The fourth-order valence-corrected chi connectivity index (χ4v) is 2.26. The number of hydrogen-bond acceptors (Lipinski definition) is 1. The van der Waals surface area contributed by atoms with Crippen molar-refractivity contribution in [1.82, 2.24) is 10.6 Å². The maximum Gasteiger partial charge on any atom is 0.314 e. The monoisotopic (exact) mass is 320 g/mol. The van der Waals surface area contributed by atoms with Crippen LogP contribution in [0.25, 0.3) is 0 Å². The number of halogens is 2. The Hall–Kier alpha value is -2.07. The van der Waals surface area contributed by atoms with E-state index in [2.05, 4.69) is 10.6 Å². The summed E-state index contributed by atoms with van der Waals surface area (Å²) in [5.41, 5.74) is 2.07. The number of carbonyl (C=O) groups is 1. The molecule has 0 radical (unpaired) electrons. The molecule has 2 rings (SSSR count). The summed E-state index contributed by atoms with van der Waals surface area (Å²) in [7, 11) is 0. The molecule has 3 nitrogen and oxygen atoms in total. The number of hydrogen-bond donors (Lipinski definition) is 2. The predicted octanol–water partition coefficient (Wildman–Crippen LogP) is 3.56. The molecule has 0 fully saturated rings. The first-order valence-corrected chi connectivity index (χ1v) is 7.52. The van der Waals surface area contributed by atoms with E-state index in [0.717, 1.165) is 17.5 Å². The largest absolute Gasteiger partial charge is 0.338 e. The van der Waals surface area contributed by atoms with E-state index < -0.39 is 0 Å². The van der Waals surface area contributed by atoms with Crippen LogP contribution in [-0.4, -0.2) is 19.1 Å². The lowest BCUT2D eigenvalue weighted by Crippen LogP contribution is -2.37. The molecule has 0 bridgehead atoms. The van der Waals surface area contributed by atoms with E-state index >= 15 is 0 Å². The Kier molecular flexibility index (Phi) is 6.22. The zero-order valence-electron chi connectivity index (χ0n) is 12.1. The van der Waals surface area contributed by atoms with Gasteiger partial charge in [-0.2, -0.15) is 0 Å². The third-order valence-corrected chi connectivity index (χ3v) is 3.44. The normalized spacial score (nSPS) is 10.3. The van der Waals surface area contributed by atoms with E-state index in [4.69, 9.17) is 11.6 Å². The fraction of sp³-hybridized carbons (Fsp3) is 0.235. The topological polar surface area (TPSA) is 41.1 Å². The molecular weight excluding hydrogens is 303 g/mol. The van der Waals surface area contributed by atoms with Gasteiger partial charge in [0.05, 0.1) is 0 Å². The average molecular weight is 321 g/mol. The van der Waals surface area contributed by atoms with Gasteiger partial charge in [-0.3, -0.25) is 0 Å². The number of rotatable bonds is 6. The van der Waals surface area contributed by atoms with E-state index in [9.17, 15) is 9.18 Å². The van der Waals surface area contributed by atoms with E-state index in [1.807, 2.05) is 24.3 Å². The highest BCUT2D eigenvalue weighted by Gasteiger charge is 2.01. The molecule has 2 aromatic rings. The van der Waals surface area contributed by atoms with Crippen molar-refractivity contribution in [3.8, 4) is 0 Å². The summed E-state index contributed by atoms with van der Waals surface area (Å²) in [4.78, 5) is 11.6. The first-order valence-electron chi connectivity index (χ1n) is 7.14. The summed E-state index contributed by atoms with van der Waals surface area (Å²) in [5.74, 6) is -0.254. The van der Waals surface area contributed by atoms with Crippen LogP contribution in [0.5, 0.6) is 0 Å². The summed E-state index contributed by atoms with van der Waals surface area (Å²) >= 11 is 5.90. The zero-order valence-corrected chi connectivity index (χ0v) is 12.9. The van der Waals surface area contributed by atoms with Crippen LogP contribution in [0, 0.1) is 5.82 Å². The van der Waals surface area contributed by atoms with E-state index in [1.54, 1.807) is 12.1 Å². The van der Waals surface area contributed by atoms with Gasteiger partial charge in [0, 0.05) is 18.1 Å². The van der Waals surface area contributed by atoms with Crippen LogP contribution in [-0.2, 0) is 12.8 Å². The summed E-state index contributed by atoms with van der Waals surface area (Å²) < 4.78 is 12.8. The Balaban J connectivity index is 1.62. The number of urea groups is 1. The molecule has 2 N–H and O–H groups in total. The highest BCUT2D eigenvalue weighted by molar-refractivity contribution is 6.30. The van der Waals surface area contributed by atoms with Crippen LogP contribution in [0.4, 0.5) is 9.18 Å². The van der Waals surface area contributed by atoms with Crippen LogP contribution in [0.15, 0.2) is 48.5 Å². The smallest absolute Gasteiger partial charge is 0.314 e. The molecule has 2 amide bonds. The third-order valence-electron chi connectivity index (χ3n) is 3.20. The molecule has 0 unspecified atom stereocenters. The van der Waals surface area contributed by atoms with Crippen molar-refractivity contribution in [2.24, 2.45) is 0 Å². The maximum absolute atomic E-state index is 12.8. The van der Waals surface area contributed by atoms with Crippen molar-refractivity contribution < 1.29 is 9.18 Å². The lowest BCUT2D eigenvalue weighted by molar-refractivity contribution is 0.241. The molecule has 0 atom stereocenters. The highest BCUT2D eigenvalue weighted by Crippen LogP contribution is 2.10. The van der Waals surface area contributed by atoms with Gasteiger partial charge in [-0.05, 0) is 48.2 Å². The van der Waals surface area contributed by atoms with Crippen molar-refractivity contribution in [3.63, 3.8) is 0 Å². The van der Waals surface area contributed by atoms with Crippen molar-refractivity contribution in [2.45, 2.75) is 12.8 Å². The van der Waals surface area contributed by atoms with Gasteiger partial charge < -0.3 is 10.6 Å². The van der Waals surface area contributed by atoms with Gasteiger partial charge in [-0.25, -0.2) is 9.18 Å². The minimum absolute atomic E-state index is 0.205. The molecule has 0 aromatic heterocycles. The number of nitrogens with one attached hydrogen (secondary N) is 2. The van der Waals surface area contributed by atoms with Gasteiger partial charge in [0.2, 0.25) is 0 Å². The minimum atomic E-state index is -0.254. The molecular formula is C17H18ClFN2O. The molecule has 22 heavy (non-hydrogen) atoms. The Morgan fingerprint density at radius 1 is 0.955 bits per heavy atom. The summed E-state index contributed by atoms with van der Waals surface area (Å²) in [6.07, 6.45) is 1.40. The lowest BCUT2D eigenvalue weighted by Gasteiger charge is -2.08. The Morgan fingerprint density at radius 2 is 1.59 bits per heavy atom. The molecule has 0 saturated carbocycles. The van der Waals surface area contributed by atoms with E-state index in [1.165, 1.54) is 12.1 Å². The first kappa shape index (κ1) is 16.3. The van der Waals surface area contributed by atoms with Crippen LogP contribution < -0.4 is 10.6 Å². The first-order chi connectivity index (χ1) is 10.6. The number of carbonyl (C=O) groups excluding carboxylic acids is 1. The van der Waals surface area contributed by atoms with Gasteiger partial charge in [-0.15, -0.1) is 0 Å². The molecule has 0 aliphatic carbocycles. The van der Waals surface area contributed by atoms with Gasteiger partial charge in [0.1, 0.15) is 5.82 Å². The van der Waals surface area contributed by atoms with Crippen LogP contribution in [0.3, 0.4) is 0 Å². The maximum atomic E-state index is 12.8. The third kappa shape index (κ3) is 5.74. The Morgan fingerprint density at radius 3 is 2.23 bits per heavy atom. The molecule has 0 aliphatic rings. The zero-order chi connectivity index (χ0) is 15.8. The fourth-order valence-electron chi connectivity index (χ4n) is 2.05. The average Bonchev–Trinajstić information content (AvgIpc) is 2.49. The van der Waals surface area contributed by atoms with Gasteiger partial charge in [-0.1, -0.05) is 35.9 Å². The number of amides is 2. The molecule has 5 heteroatoms. The van der Waals surface area contributed by atoms with Crippen LogP contribution in [0.1, 0.15) is 11.1 Å². The molecule has 2 aromatic carbocycles. The minimum Gasteiger partial charge on any atom is -0.338 e. The molecule has 0 aliphatic heterocycles. The summed E-state index contributed by atoms with van der Waals surface area (Å²) in [6.45, 7) is 1.05. The SMILES string of the molecule is O=C(NCCc1ccc(F)cc1)NCCc1cccc(Cl)c1. The lowest BCUT2D eigenvalue weighted by atomic mass is 10.1. The molecule has 0 saturated heterocycles. The van der Waals surface area contributed by atoms with Gasteiger partial charge in [0.15, 0.2) is 0 Å². The predicted molar refractivity (Wildman–Crippen MR) is 86.7 cm³/mol. The highest BCUT2D eigenvalue weighted by atomic mass is 35.5. The number of benzene rings is 2. The van der Waals surface area contributed by atoms with Gasteiger partial charge >= 0.3 is 6.03 Å². The van der Waals surface area contributed by atoms with E-state index in [0.29, 0.717) is 24.5 Å². The van der Waals surface area contributed by atoms with Gasteiger partial charge in [0.25, 0.3) is 0 Å². The molecule has 0 heterocycles. The van der Waals surface area contributed by atoms with Crippen LogP contribution in [0.2, 0.25) is 5.02 Å². The summed E-state index contributed by atoms with van der Waals surface area (Å²) in [6, 6.07) is 13.6.